The third-order valence-electron chi connectivity index (χ3n) is 3.28. The van der Waals surface area contributed by atoms with Gasteiger partial charge >= 0.3 is 6.18 Å². The molecule has 0 radical (unpaired) electrons. The summed E-state index contributed by atoms with van der Waals surface area (Å²) in [5, 5.41) is 6.52. The van der Waals surface area contributed by atoms with Crippen LogP contribution in [-0.2, 0) is 6.18 Å². The van der Waals surface area contributed by atoms with Crippen LogP contribution in [0.15, 0.2) is 18.2 Å². The first-order valence-corrected chi connectivity index (χ1v) is 6.66. The molecule has 1 aliphatic rings. The number of halogens is 4. The number of hydrogen-bond donors (Lipinski definition) is 2. The minimum absolute atomic E-state index is 0.110. The van der Waals surface area contributed by atoms with E-state index < -0.39 is 11.7 Å². The molecule has 0 aromatic heterocycles. The molecule has 1 aliphatic heterocycles. The summed E-state index contributed by atoms with van der Waals surface area (Å²) >= 11 is 5.88. The first kappa shape index (κ1) is 14.5. The Morgan fingerprint density at radius 3 is 2.74 bits per heavy atom. The molecule has 1 unspecified atom stereocenters. The van der Waals surface area contributed by atoms with Crippen molar-refractivity contribution in [3.8, 4) is 0 Å². The predicted octanol–water partition coefficient (Wildman–Crippen LogP) is 3.77. The number of alkyl halides is 3. The lowest BCUT2D eigenvalue weighted by Crippen LogP contribution is -2.33. The zero-order chi connectivity index (χ0) is 13.9. The van der Waals surface area contributed by atoms with Crippen LogP contribution >= 0.6 is 11.6 Å². The van der Waals surface area contributed by atoms with Crippen molar-refractivity contribution in [3.05, 3.63) is 28.8 Å². The highest BCUT2D eigenvalue weighted by Gasteiger charge is 2.30. The lowest BCUT2D eigenvalue weighted by molar-refractivity contribution is -0.137. The molecule has 1 heterocycles. The summed E-state index contributed by atoms with van der Waals surface area (Å²) in [5.74, 6) is 0.493. The zero-order valence-electron chi connectivity index (χ0n) is 10.4. The maximum atomic E-state index is 12.5. The summed E-state index contributed by atoms with van der Waals surface area (Å²) in [4.78, 5) is 0. The molecular formula is C13H16ClF3N2. The van der Waals surface area contributed by atoms with Crippen LogP contribution in [0.5, 0.6) is 0 Å². The molecule has 0 bridgehead atoms. The van der Waals surface area contributed by atoms with Gasteiger partial charge in [-0.05, 0) is 50.0 Å². The number of anilines is 1. The second-order valence-electron chi connectivity index (χ2n) is 4.79. The summed E-state index contributed by atoms with van der Waals surface area (Å²) in [5.41, 5.74) is -0.164. The quantitative estimate of drug-likeness (QED) is 0.886. The second-order valence-corrected chi connectivity index (χ2v) is 5.19. The van der Waals surface area contributed by atoms with Crippen LogP contribution in [0.3, 0.4) is 0 Å². The van der Waals surface area contributed by atoms with Gasteiger partial charge in [-0.15, -0.1) is 0 Å². The molecule has 1 fully saturated rings. The Balaban J connectivity index is 1.97. The largest absolute Gasteiger partial charge is 0.416 e. The molecule has 0 spiro atoms. The van der Waals surface area contributed by atoms with Crippen LogP contribution in [0, 0.1) is 5.92 Å². The van der Waals surface area contributed by atoms with Crippen molar-refractivity contribution in [1.29, 1.82) is 0 Å². The Bertz CT molecular complexity index is 428. The lowest BCUT2D eigenvalue weighted by atomic mass is 10.00. The number of hydrogen-bond acceptors (Lipinski definition) is 2. The number of piperidine rings is 1. The molecule has 1 atom stereocenters. The van der Waals surface area contributed by atoms with Gasteiger partial charge in [-0.1, -0.05) is 11.6 Å². The molecular weight excluding hydrogens is 277 g/mol. The fourth-order valence-corrected chi connectivity index (χ4v) is 2.43. The van der Waals surface area contributed by atoms with Crippen LogP contribution in [-0.4, -0.2) is 19.6 Å². The van der Waals surface area contributed by atoms with E-state index in [9.17, 15) is 13.2 Å². The van der Waals surface area contributed by atoms with Crippen LogP contribution < -0.4 is 10.6 Å². The topological polar surface area (TPSA) is 24.1 Å². The Labute approximate surface area is 115 Å². The van der Waals surface area contributed by atoms with Gasteiger partial charge in [0, 0.05) is 6.54 Å². The molecule has 2 rings (SSSR count). The van der Waals surface area contributed by atoms with E-state index >= 15 is 0 Å². The van der Waals surface area contributed by atoms with Crippen molar-refractivity contribution in [2.75, 3.05) is 25.0 Å². The highest BCUT2D eigenvalue weighted by atomic mass is 35.5. The third kappa shape index (κ3) is 4.01. The molecule has 1 aromatic rings. The number of benzene rings is 1. The number of rotatable bonds is 3. The summed E-state index contributed by atoms with van der Waals surface area (Å²) in [6.45, 7) is 2.70. The van der Waals surface area contributed by atoms with Gasteiger partial charge in [-0.3, -0.25) is 0 Å². The first-order valence-electron chi connectivity index (χ1n) is 6.28. The van der Waals surface area contributed by atoms with E-state index in [0.717, 1.165) is 44.6 Å². The Morgan fingerprint density at radius 2 is 2.16 bits per heavy atom. The van der Waals surface area contributed by atoms with E-state index in [0.29, 0.717) is 11.6 Å². The Hall–Kier alpha value is -0.940. The minimum Gasteiger partial charge on any atom is -0.384 e. The SMILES string of the molecule is FC(F)(F)c1ccc(NCC2CCCNC2)c(Cl)c1. The van der Waals surface area contributed by atoms with Crippen LogP contribution in [0.4, 0.5) is 18.9 Å². The smallest absolute Gasteiger partial charge is 0.384 e. The molecule has 19 heavy (non-hydrogen) atoms. The summed E-state index contributed by atoms with van der Waals surface area (Å²) in [6, 6.07) is 3.40. The van der Waals surface area contributed by atoms with Crippen molar-refractivity contribution >= 4 is 17.3 Å². The van der Waals surface area contributed by atoms with Gasteiger partial charge < -0.3 is 10.6 Å². The molecule has 1 aromatic carbocycles. The highest BCUT2D eigenvalue weighted by molar-refractivity contribution is 6.33. The van der Waals surface area contributed by atoms with E-state index in [2.05, 4.69) is 10.6 Å². The molecule has 2 nitrogen and oxygen atoms in total. The van der Waals surface area contributed by atoms with Gasteiger partial charge in [0.25, 0.3) is 0 Å². The number of nitrogens with one attached hydrogen (secondary N) is 2. The summed E-state index contributed by atoms with van der Waals surface area (Å²) in [6.07, 6.45) is -2.10. The predicted molar refractivity (Wildman–Crippen MR) is 70.5 cm³/mol. The first-order chi connectivity index (χ1) is 8.97. The van der Waals surface area contributed by atoms with Crippen molar-refractivity contribution in [2.24, 2.45) is 5.92 Å². The normalized spacial score (nSPS) is 20.3. The minimum atomic E-state index is -4.35. The molecule has 0 amide bonds. The van der Waals surface area contributed by atoms with E-state index in [1.165, 1.54) is 6.07 Å². The van der Waals surface area contributed by atoms with Gasteiger partial charge in [0.15, 0.2) is 0 Å². The molecule has 1 saturated heterocycles. The Kier molecular flexibility index (Phi) is 4.58. The fourth-order valence-electron chi connectivity index (χ4n) is 2.19. The van der Waals surface area contributed by atoms with Gasteiger partial charge in [-0.25, -0.2) is 0 Å². The summed E-state index contributed by atoms with van der Waals surface area (Å²) in [7, 11) is 0. The molecule has 6 heteroatoms. The van der Waals surface area contributed by atoms with Crippen LogP contribution in [0.1, 0.15) is 18.4 Å². The van der Waals surface area contributed by atoms with Crippen molar-refractivity contribution in [1.82, 2.24) is 5.32 Å². The molecule has 0 aliphatic carbocycles. The average Bonchev–Trinajstić information content (AvgIpc) is 2.37. The van der Waals surface area contributed by atoms with E-state index in [1.807, 2.05) is 0 Å². The van der Waals surface area contributed by atoms with Crippen LogP contribution in [0.2, 0.25) is 5.02 Å². The summed E-state index contributed by atoms with van der Waals surface area (Å²) < 4.78 is 37.5. The van der Waals surface area contributed by atoms with Crippen molar-refractivity contribution < 1.29 is 13.2 Å². The fraction of sp³-hybridized carbons (Fsp3) is 0.538. The maximum Gasteiger partial charge on any atom is 0.416 e. The molecule has 0 saturated carbocycles. The molecule has 2 N–H and O–H groups in total. The Morgan fingerprint density at radius 1 is 1.37 bits per heavy atom. The molecule has 106 valence electrons. The van der Waals surface area contributed by atoms with E-state index in [4.69, 9.17) is 11.6 Å². The van der Waals surface area contributed by atoms with E-state index in [1.54, 1.807) is 0 Å². The maximum absolute atomic E-state index is 12.5. The van der Waals surface area contributed by atoms with E-state index in [-0.39, 0.29) is 5.02 Å². The zero-order valence-corrected chi connectivity index (χ0v) is 11.1. The average molecular weight is 293 g/mol. The monoisotopic (exact) mass is 292 g/mol. The van der Waals surface area contributed by atoms with Gasteiger partial charge in [0.05, 0.1) is 16.3 Å². The van der Waals surface area contributed by atoms with Gasteiger partial charge in [0.2, 0.25) is 0 Å². The van der Waals surface area contributed by atoms with Gasteiger partial charge in [0.1, 0.15) is 0 Å². The standard InChI is InChI=1S/C13H16ClF3N2/c14-11-6-10(13(15,16)17)3-4-12(11)19-8-9-2-1-5-18-7-9/h3-4,6,9,18-19H,1-2,5,7-8H2. The highest BCUT2D eigenvalue weighted by Crippen LogP contribution is 2.33. The second kappa shape index (κ2) is 6.01. The third-order valence-corrected chi connectivity index (χ3v) is 3.59. The van der Waals surface area contributed by atoms with Crippen molar-refractivity contribution in [2.45, 2.75) is 19.0 Å². The van der Waals surface area contributed by atoms with Crippen molar-refractivity contribution in [3.63, 3.8) is 0 Å². The van der Waals surface area contributed by atoms with Crippen LogP contribution in [0.25, 0.3) is 0 Å². The van der Waals surface area contributed by atoms with Gasteiger partial charge in [-0.2, -0.15) is 13.2 Å². The lowest BCUT2D eigenvalue weighted by Gasteiger charge is -2.23.